The fraction of sp³-hybridized carbons (Fsp3) is 0.481. The van der Waals surface area contributed by atoms with Crippen molar-refractivity contribution in [2.75, 3.05) is 38.3 Å². The lowest BCUT2D eigenvalue weighted by atomic mass is 10.1. The smallest absolute Gasteiger partial charge is 0.415 e. The summed E-state index contributed by atoms with van der Waals surface area (Å²) in [5.74, 6) is 0.520. The molecule has 1 aromatic carbocycles. The van der Waals surface area contributed by atoms with Crippen LogP contribution in [0.2, 0.25) is 0 Å². The minimum absolute atomic E-state index is 0.196. The summed E-state index contributed by atoms with van der Waals surface area (Å²) in [4.78, 5) is 26.2. The number of ether oxygens (including phenoxy) is 2. The number of hydrogen-bond donors (Lipinski definition) is 1. The largest absolute Gasteiger partial charge is 0.426 e. The van der Waals surface area contributed by atoms with Crippen LogP contribution in [0, 0.1) is 0 Å². The maximum Gasteiger partial charge on any atom is 0.426 e. The highest BCUT2D eigenvalue weighted by molar-refractivity contribution is 5.95. The summed E-state index contributed by atoms with van der Waals surface area (Å²) in [5, 5.41) is 9.03. The maximum absolute atomic E-state index is 13.2. The van der Waals surface area contributed by atoms with E-state index in [9.17, 15) is 4.79 Å². The molecule has 1 amide bonds. The Labute approximate surface area is 217 Å². The number of likely N-dealkylation sites (tertiary alicyclic amines) is 1. The van der Waals surface area contributed by atoms with Gasteiger partial charge in [0.1, 0.15) is 0 Å². The van der Waals surface area contributed by atoms with Gasteiger partial charge in [-0.25, -0.2) is 19.4 Å². The van der Waals surface area contributed by atoms with E-state index < -0.39 is 6.09 Å². The number of carbonyl (C=O) groups is 1. The van der Waals surface area contributed by atoms with Crippen LogP contribution in [0.1, 0.15) is 44.2 Å². The van der Waals surface area contributed by atoms with Crippen LogP contribution in [0.25, 0.3) is 11.0 Å². The number of aromatic nitrogens is 4. The molecule has 10 heteroatoms. The monoisotopic (exact) mass is 505 g/mol. The first-order chi connectivity index (χ1) is 18.0. The third-order valence-corrected chi connectivity index (χ3v) is 7.01. The summed E-state index contributed by atoms with van der Waals surface area (Å²) in [7, 11) is 2.17. The number of piperidine rings is 1. The third-order valence-electron chi connectivity index (χ3n) is 7.01. The topological polar surface area (TPSA) is 97.6 Å². The number of hydrogen-bond acceptors (Lipinski definition) is 8. The normalized spacial score (nSPS) is 17.7. The van der Waals surface area contributed by atoms with Gasteiger partial charge in [-0.3, -0.25) is 0 Å². The highest BCUT2D eigenvalue weighted by Gasteiger charge is 2.26. The first kappa shape index (κ1) is 25.3. The molecule has 0 aliphatic carbocycles. The Morgan fingerprint density at radius 3 is 2.59 bits per heavy atom. The van der Waals surface area contributed by atoms with Crippen LogP contribution < -0.4 is 10.2 Å². The molecule has 1 N–H and O–H groups in total. The zero-order valence-corrected chi connectivity index (χ0v) is 21.6. The summed E-state index contributed by atoms with van der Waals surface area (Å²) >= 11 is 0. The lowest BCUT2D eigenvalue weighted by Gasteiger charge is -2.29. The van der Waals surface area contributed by atoms with Crippen LogP contribution in [-0.2, 0) is 16.0 Å². The predicted molar refractivity (Wildman–Crippen MR) is 142 cm³/mol. The van der Waals surface area contributed by atoms with Gasteiger partial charge in [0.2, 0.25) is 5.95 Å². The molecular weight excluding hydrogens is 470 g/mol. The van der Waals surface area contributed by atoms with Crippen LogP contribution in [-0.4, -0.2) is 70.1 Å². The zero-order chi connectivity index (χ0) is 25.8. The Morgan fingerprint density at radius 2 is 1.89 bits per heavy atom. The van der Waals surface area contributed by atoms with Gasteiger partial charge in [0.05, 0.1) is 29.1 Å². The zero-order valence-electron chi connectivity index (χ0n) is 21.6. The summed E-state index contributed by atoms with van der Waals surface area (Å²) in [6.07, 6.45) is 6.88. The van der Waals surface area contributed by atoms with Gasteiger partial charge >= 0.3 is 6.09 Å². The first-order valence-corrected chi connectivity index (χ1v) is 12.9. The highest BCUT2D eigenvalue weighted by atomic mass is 16.6. The summed E-state index contributed by atoms with van der Waals surface area (Å²) in [5.41, 5.74) is 2.44. The Balaban J connectivity index is 1.39. The van der Waals surface area contributed by atoms with E-state index in [4.69, 9.17) is 14.5 Å². The summed E-state index contributed by atoms with van der Waals surface area (Å²) in [6, 6.07) is 8.55. The number of carbonyl (C=O) groups excluding carboxylic acids is 1. The van der Waals surface area contributed by atoms with Gasteiger partial charge in [0.15, 0.2) is 5.65 Å². The van der Waals surface area contributed by atoms with Gasteiger partial charge in [-0.1, -0.05) is 18.7 Å². The number of amides is 1. The Hall–Kier alpha value is -3.34. The number of anilines is 2. The number of rotatable bonds is 7. The molecule has 0 atom stereocenters. The molecule has 2 aliphatic heterocycles. The summed E-state index contributed by atoms with van der Waals surface area (Å²) in [6.45, 7) is 9.76. The van der Waals surface area contributed by atoms with E-state index in [1.807, 2.05) is 28.9 Å². The second-order valence-electron chi connectivity index (χ2n) is 9.91. The molecule has 2 fully saturated rings. The average Bonchev–Trinajstić information content (AvgIpc) is 3.33. The minimum atomic E-state index is -0.610. The van der Waals surface area contributed by atoms with Crippen LogP contribution in [0.15, 0.2) is 49.0 Å². The minimum Gasteiger partial charge on any atom is -0.415 e. The molecule has 10 nitrogen and oxygen atoms in total. The molecule has 37 heavy (non-hydrogen) atoms. The molecule has 2 aromatic heterocycles. The molecule has 2 aliphatic rings. The predicted octanol–water partition coefficient (Wildman–Crippen LogP) is 4.17. The fourth-order valence-corrected chi connectivity index (χ4v) is 4.87. The van der Waals surface area contributed by atoms with E-state index >= 15 is 0 Å². The van der Waals surface area contributed by atoms with Crippen LogP contribution in [0.5, 0.6) is 0 Å². The summed E-state index contributed by atoms with van der Waals surface area (Å²) < 4.78 is 12.8. The Bertz CT molecular complexity index is 1230. The van der Waals surface area contributed by atoms with E-state index in [-0.39, 0.29) is 12.0 Å². The van der Waals surface area contributed by atoms with Gasteiger partial charge in [0, 0.05) is 32.0 Å². The first-order valence-electron chi connectivity index (χ1n) is 12.9. The van der Waals surface area contributed by atoms with Crippen molar-refractivity contribution in [1.82, 2.24) is 30.0 Å². The molecule has 0 radical (unpaired) electrons. The van der Waals surface area contributed by atoms with Crippen molar-refractivity contribution in [3.8, 4) is 0 Å². The second-order valence-corrected chi connectivity index (χ2v) is 9.91. The van der Waals surface area contributed by atoms with Crippen LogP contribution in [0.4, 0.5) is 16.4 Å². The van der Waals surface area contributed by atoms with Crippen molar-refractivity contribution in [2.45, 2.75) is 51.2 Å². The van der Waals surface area contributed by atoms with Crippen LogP contribution in [0.3, 0.4) is 0 Å². The second kappa shape index (κ2) is 11.4. The van der Waals surface area contributed by atoms with Crippen molar-refractivity contribution < 1.29 is 14.3 Å². The van der Waals surface area contributed by atoms with Gasteiger partial charge in [-0.05, 0) is 70.4 Å². The average molecular weight is 506 g/mol. The van der Waals surface area contributed by atoms with E-state index in [2.05, 4.69) is 33.9 Å². The molecule has 2 saturated heterocycles. The van der Waals surface area contributed by atoms with E-state index in [1.165, 1.54) is 4.90 Å². The lowest BCUT2D eigenvalue weighted by Crippen LogP contribution is -2.40. The number of fused-ring (bicyclic) bond motifs is 1. The van der Waals surface area contributed by atoms with E-state index in [0.29, 0.717) is 36.3 Å². The van der Waals surface area contributed by atoms with Crippen molar-refractivity contribution >= 4 is 28.8 Å². The highest BCUT2D eigenvalue weighted by Crippen LogP contribution is 2.28. The van der Waals surface area contributed by atoms with Crippen molar-refractivity contribution in [1.29, 1.82) is 0 Å². The third kappa shape index (κ3) is 5.98. The molecule has 0 spiro atoms. The number of nitrogens with one attached hydrogen (secondary N) is 1. The number of nitrogens with zero attached hydrogens (tertiary/aromatic N) is 6. The van der Waals surface area contributed by atoms with Gasteiger partial charge in [-0.2, -0.15) is 10.1 Å². The number of benzene rings is 1. The molecule has 0 bridgehead atoms. The van der Waals surface area contributed by atoms with Crippen molar-refractivity contribution in [3.63, 3.8) is 0 Å². The van der Waals surface area contributed by atoms with Crippen molar-refractivity contribution in [3.05, 3.63) is 54.6 Å². The Kier molecular flexibility index (Phi) is 7.78. The molecule has 4 heterocycles. The van der Waals surface area contributed by atoms with Gasteiger partial charge in [-0.15, -0.1) is 0 Å². The lowest BCUT2D eigenvalue weighted by molar-refractivity contribution is 0.0673. The van der Waals surface area contributed by atoms with E-state index in [1.54, 1.807) is 19.3 Å². The Morgan fingerprint density at radius 1 is 1.16 bits per heavy atom. The van der Waals surface area contributed by atoms with Crippen molar-refractivity contribution in [2.24, 2.45) is 0 Å². The molecule has 0 unspecified atom stereocenters. The molecule has 3 aromatic rings. The standard InChI is InChI=1S/C27H35N7O3/c1-19(2)37-27(35)33(23-6-4-20(5-7-23)16-28-22-8-12-32(3)13-9-22)26-29-17-21-18-30-34(25(21)31-26)24-10-14-36-15-11-24/h4-7,17-18,22,24,28H,1,8-16H2,2-3H3. The van der Waals surface area contributed by atoms with Gasteiger partial charge < -0.3 is 19.7 Å². The fourth-order valence-electron chi connectivity index (χ4n) is 4.87. The maximum atomic E-state index is 13.2. The number of allylic oxidation sites excluding steroid dienone is 1. The van der Waals surface area contributed by atoms with Gasteiger partial charge in [0.25, 0.3) is 0 Å². The van der Waals surface area contributed by atoms with Crippen LogP contribution >= 0.6 is 0 Å². The SMILES string of the molecule is C=C(C)OC(=O)N(c1ccc(CNC2CCN(C)CC2)cc1)c1ncc2cnn(C3CCOCC3)c2n1. The molecule has 0 saturated carbocycles. The van der Waals surface area contributed by atoms with E-state index in [0.717, 1.165) is 56.3 Å². The molecule has 5 rings (SSSR count). The molecule has 196 valence electrons. The quantitative estimate of drug-likeness (QED) is 0.478. The molecular formula is C27H35N7O3.